The average Bonchev–Trinajstić information content (AvgIpc) is 2.55. The number of carbonyl (C=O) groups excluding carboxylic acids is 1. The first-order valence-corrected chi connectivity index (χ1v) is 8.68. The van der Waals surface area contributed by atoms with Crippen LogP contribution in [0.5, 0.6) is 0 Å². The van der Waals surface area contributed by atoms with Gasteiger partial charge in [-0.05, 0) is 36.8 Å². The molecular weight excluding hydrogens is 362 g/mol. The molecule has 0 aromatic heterocycles. The van der Waals surface area contributed by atoms with E-state index in [-0.39, 0.29) is 18.4 Å². The Balaban J connectivity index is 1.79. The highest BCUT2D eigenvalue weighted by Crippen LogP contribution is 2.24. The van der Waals surface area contributed by atoms with Crippen LogP contribution in [0.1, 0.15) is 24.8 Å². The number of rotatable bonds is 7. The average molecular weight is 384 g/mol. The molecule has 0 radical (unpaired) electrons. The lowest BCUT2D eigenvalue weighted by Crippen LogP contribution is -2.39. The van der Waals surface area contributed by atoms with Gasteiger partial charge < -0.3 is 15.2 Å². The first-order chi connectivity index (χ1) is 11.1. The largest absolute Gasteiger partial charge is 0.481 e. The summed E-state index contributed by atoms with van der Waals surface area (Å²) in [6, 6.07) is 7.78. The fourth-order valence-electron chi connectivity index (χ4n) is 2.84. The molecule has 1 saturated heterocycles. The van der Waals surface area contributed by atoms with Gasteiger partial charge in [-0.2, -0.15) is 0 Å². The van der Waals surface area contributed by atoms with Crippen molar-refractivity contribution in [2.24, 2.45) is 11.8 Å². The molecule has 1 atom stereocenters. The van der Waals surface area contributed by atoms with E-state index in [1.165, 1.54) is 0 Å². The van der Waals surface area contributed by atoms with Crippen molar-refractivity contribution in [1.29, 1.82) is 0 Å². The van der Waals surface area contributed by atoms with E-state index in [9.17, 15) is 14.7 Å². The summed E-state index contributed by atoms with van der Waals surface area (Å²) >= 11 is 3.46. The Labute approximate surface area is 144 Å². The van der Waals surface area contributed by atoms with Crippen LogP contribution in [0.3, 0.4) is 0 Å². The molecule has 6 heteroatoms. The molecule has 2 N–H and O–H groups in total. The van der Waals surface area contributed by atoms with Crippen molar-refractivity contribution >= 4 is 27.8 Å². The quantitative estimate of drug-likeness (QED) is 0.758. The number of halogens is 1. The zero-order valence-electron chi connectivity index (χ0n) is 13.0. The molecule has 126 valence electrons. The van der Waals surface area contributed by atoms with Crippen molar-refractivity contribution in [3.05, 3.63) is 34.3 Å². The molecule has 1 aromatic carbocycles. The number of amides is 1. The second kappa shape index (κ2) is 9.03. The number of hydrogen-bond donors (Lipinski definition) is 2. The molecule has 0 aliphatic carbocycles. The zero-order valence-corrected chi connectivity index (χ0v) is 14.5. The molecule has 1 aliphatic rings. The van der Waals surface area contributed by atoms with E-state index < -0.39 is 11.9 Å². The van der Waals surface area contributed by atoms with E-state index in [2.05, 4.69) is 21.2 Å². The fourth-order valence-corrected chi connectivity index (χ4v) is 3.32. The maximum Gasteiger partial charge on any atom is 0.308 e. The van der Waals surface area contributed by atoms with Crippen molar-refractivity contribution in [3.63, 3.8) is 0 Å². The molecule has 0 spiro atoms. The number of aliphatic carboxylic acids is 1. The molecule has 1 aromatic rings. The smallest absolute Gasteiger partial charge is 0.308 e. The third-order valence-corrected chi connectivity index (χ3v) is 5.02. The highest BCUT2D eigenvalue weighted by atomic mass is 79.9. The van der Waals surface area contributed by atoms with Gasteiger partial charge in [-0.25, -0.2) is 0 Å². The predicted octanol–water partition coefficient (Wildman–Crippen LogP) is 2.63. The monoisotopic (exact) mass is 383 g/mol. The molecule has 1 amide bonds. The first-order valence-electron chi connectivity index (χ1n) is 7.88. The van der Waals surface area contributed by atoms with Crippen LogP contribution in [0.15, 0.2) is 28.7 Å². The molecule has 0 bridgehead atoms. The van der Waals surface area contributed by atoms with E-state index in [0.717, 1.165) is 22.9 Å². The number of nitrogens with one attached hydrogen (secondary N) is 1. The number of carboxylic acids is 1. The van der Waals surface area contributed by atoms with Crippen LogP contribution in [0.2, 0.25) is 0 Å². The summed E-state index contributed by atoms with van der Waals surface area (Å²) in [5.74, 6) is -1.42. The summed E-state index contributed by atoms with van der Waals surface area (Å²) < 4.78 is 6.25. The van der Waals surface area contributed by atoms with Gasteiger partial charge in [0.25, 0.3) is 0 Å². The number of carboxylic acid groups (broad SMARTS) is 1. The Morgan fingerprint density at radius 2 is 2.00 bits per heavy atom. The van der Waals surface area contributed by atoms with Crippen LogP contribution in [0.25, 0.3) is 0 Å². The summed E-state index contributed by atoms with van der Waals surface area (Å²) in [5.41, 5.74) is 1.07. The highest BCUT2D eigenvalue weighted by Gasteiger charge is 2.29. The Morgan fingerprint density at radius 3 is 2.65 bits per heavy atom. The van der Waals surface area contributed by atoms with Gasteiger partial charge in [0, 0.05) is 30.7 Å². The minimum absolute atomic E-state index is 0.0739. The summed E-state index contributed by atoms with van der Waals surface area (Å²) in [4.78, 5) is 23.4. The summed E-state index contributed by atoms with van der Waals surface area (Å²) in [6.07, 6.45) is 2.46. The molecular formula is C17H22BrNO4. The van der Waals surface area contributed by atoms with E-state index in [1.54, 1.807) is 0 Å². The molecule has 1 aliphatic heterocycles. The number of aryl methyl sites for hydroxylation is 1. The van der Waals surface area contributed by atoms with Gasteiger partial charge in [0.05, 0.1) is 5.92 Å². The Bertz CT molecular complexity index is 543. The van der Waals surface area contributed by atoms with Crippen molar-refractivity contribution in [2.45, 2.75) is 25.7 Å². The van der Waals surface area contributed by atoms with Crippen LogP contribution in [0.4, 0.5) is 0 Å². The van der Waals surface area contributed by atoms with Crippen molar-refractivity contribution in [2.75, 3.05) is 19.8 Å². The number of hydrogen-bond acceptors (Lipinski definition) is 3. The van der Waals surface area contributed by atoms with E-state index in [4.69, 9.17) is 4.74 Å². The topological polar surface area (TPSA) is 75.6 Å². The second-order valence-corrected chi connectivity index (χ2v) is 6.64. The first kappa shape index (κ1) is 17.9. The van der Waals surface area contributed by atoms with Gasteiger partial charge in [-0.3, -0.25) is 9.59 Å². The molecule has 23 heavy (non-hydrogen) atoms. The van der Waals surface area contributed by atoms with Crippen LogP contribution >= 0.6 is 15.9 Å². The van der Waals surface area contributed by atoms with Gasteiger partial charge in [-0.15, -0.1) is 0 Å². The fraction of sp³-hybridized carbons (Fsp3) is 0.529. The van der Waals surface area contributed by atoms with E-state index in [1.807, 2.05) is 24.3 Å². The summed E-state index contributed by atoms with van der Waals surface area (Å²) in [7, 11) is 0. The van der Waals surface area contributed by atoms with Crippen LogP contribution in [-0.2, 0) is 20.7 Å². The molecule has 5 nitrogen and oxygen atoms in total. The van der Waals surface area contributed by atoms with Crippen molar-refractivity contribution in [3.8, 4) is 0 Å². The Kier molecular flexibility index (Phi) is 7.05. The predicted molar refractivity (Wildman–Crippen MR) is 90.1 cm³/mol. The Hall–Kier alpha value is -1.40. The molecule has 1 fully saturated rings. The third kappa shape index (κ3) is 5.62. The summed E-state index contributed by atoms with van der Waals surface area (Å²) in [5, 5.41) is 12.2. The van der Waals surface area contributed by atoms with Crippen LogP contribution in [-0.4, -0.2) is 36.7 Å². The SMILES string of the molecule is O=C(CCc1ccccc1Br)NCC(C(=O)O)C1CCOCC1. The lowest BCUT2D eigenvalue weighted by Gasteiger charge is -2.27. The number of carbonyl (C=O) groups is 2. The number of ether oxygens (including phenoxy) is 1. The van der Waals surface area contributed by atoms with Gasteiger partial charge in [0.2, 0.25) is 5.91 Å². The van der Waals surface area contributed by atoms with Gasteiger partial charge in [0.1, 0.15) is 0 Å². The zero-order chi connectivity index (χ0) is 16.7. The second-order valence-electron chi connectivity index (χ2n) is 5.79. The Morgan fingerprint density at radius 1 is 1.30 bits per heavy atom. The highest BCUT2D eigenvalue weighted by molar-refractivity contribution is 9.10. The van der Waals surface area contributed by atoms with Gasteiger partial charge in [0.15, 0.2) is 0 Å². The van der Waals surface area contributed by atoms with Gasteiger partial charge in [-0.1, -0.05) is 34.1 Å². The maximum absolute atomic E-state index is 12.0. The minimum atomic E-state index is -0.844. The third-order valence-electron chi connectivity index (χ3n) is 4.25. The molecule has 1 heterocycles. The molecule has 0 saturated carbocycles. The van der Waals surface area contributed by atoms with Crippen molar-refractivity contribution < 1.29 is 19.4 Å². The molecule has 2 rings (SSSR count). The number of benzene rings is 1. The van der Waals surface area contributed by atoms with Crippen LogP contribution < -0.4 is 5.32 Å². The van der Waals surface area contributed by atoms with Gasteiger partial charge >= 0.3 is 5.97 Å². The minimum Gasteiger partial charge on any atom is -0.481 e. The van der Waals surface area contributed by atoms with E-state index >= 15 is 0 Å². The normalized spacial score (nSPS) is 16.7. The lowest BCUT2D eigenvalue weighted by molar-refractivity contribution is -0.144. The van der Waals surface area contributed by atoms with Crippen LogP contribution in [0, 0.1) is 11.8 Å². The lowest BCUT2D eigenvalue weighted by atomic mass is 9.86. The summed E-state index contributed by atoms with van der Waals surface area (Å²) in [6.45, 7) is 1.39. The maximum atomic E-state index is 12.0. The standard InChI is InChI=1S/C17H22BrNO4/c18-15-4-2-1-3-13(15)5-6-16(20)19-11-14(17(21)22)12-7-9-23-10-8-12/h1-4,12,14H,5-11H2,(H,19,20)(H,21,22). The van der Waals surface area contributed by atoms with Crippen molar-refractivity contribution in [1.82, 2.24) is 5.32 Å². The molecule has 1 unspecified atom stereocenters. The van der Waals surface area contributed by atoms with E-state index in [0.29, 0.717) is 26.1 Å².